The van der Waals surface area contributed by atoms with Crippen molar-refractivity contribution in [1.82, 2.24) is 0 Å². The first-order chi connectivity index (χ1) is 6.41. The van der Waals surface area contributed by atoms with E-state index in [4.69, 9.17) is 9.84 Å². The first-order valence-corrected chi connectivity index (χ1v) is 6.28. The maximum atomic E-state index is 8.53. The molecule has 0 amide bonds. The molecule has 0 saturated heterocycles. The van der Waals surface area contributed by atoms with E-state index in [1.165, 1.54) is 12.8 Å². The standard InChI is InChI=1S/C10H21BrO2/c11-7-3-6-10-13-9-5-2-1-4-8-12/h12H,1-10H2. The van der Waals surface area contributed by atoms with Gasteiger partial charge in [0.05, 0.1) is 0 Å². The molecule has 0 heterocycles. The van der Waals surface area contributed by atoms with Crippen LogP contribution in [0.2, 0.25) is 0 Å². The van der Waals surface area contributed by atoms with Gasteiger partial charge in [-0.25, -0.2) is 0 Å². The highest BCUT2D eigenvalue weighted by Gasteiger charge is 1.90. The van der Waals surface area contributed by atoms with E-state index >= 15 is 0 Å². The quantitative estimate of drug-likeness (QED) is 0.479. The summed E-state index contributed by atoms with van der Waals surface area (Å²) in [4.78, 5) is 0. The van der Waals surface area contributed by atoms with Crippen LogP contribution in [0.3, 0.4) is 0 Å². The Morgan fingerprint density at radius 3 is 2.08 bits per heavy atom. The molecule has 0 unspecified atom stereocenters. The van der Waals surface area contributed by atoms with Gasteiger partial charge < -0.3 is 9.84 Å². The van der Waals surface area contributed by atoms with Crippen molar-refractivity contribution in [2.24, 2.45) is 0 Å². The molecule has 1 N–H and O–H groups in total. The molecule has 0 atom stereocenters. The van der Waals surface area contributed by atoms with Crippen LogP contribution in [0.25, 0.3) is 0 Å². The van der Waals surface area contributed by atoms with Gasteiger partial charge in [0.15, 0.2) is 0 Å². The maximum absolute atomic E-state index is 8.53. The summed E-state index contributed by atoms with van der Waals surface area (Å²) < 4.78 is 5.43. The fourth-order valence-corrected chi connectivity index (χ4v) is 1.47. The zero-order valence-electron chi connectivity index (χ0n) is 8.30. The smallest absolute Gasteiger partial charge is 0.0466 e. The fraction of sp³-hybridized carbons (Fsp3) is 1.00. The van der Waals surface area contributed by atoms with Crippen LogP contribution in [0.4, 0.5) is 0 Å². The Kier molecular flexibility index (Phi) is 12.8. The minimum Gasteiger partial charge on any atom is -0.396 e. The Morgan fingerprint density at radius 2 is 1.46 bits per heavy atom. The molecule has 0 bridgehead atoms. The number of rotatable bonds is 10. The summed E-state index contributed by atoms with van der Waals surface area (Å²) in [5.74, 6) is 0. The van der Waals surface area contributed by atoms with E-state index in [2.05, 4.69) is 15.9 Å². The second-order valence-corrected chi connectivity index (χ2v) is 3.94. The molecule has 0 rings (SSSR count). The van der Waals surface area contributed by atoms with Crippen molar-refractivity contribution in [2.75, 3.05) is 25.2 Å². The molecule has 0 fully saturated rings. The Labute approximate surface area is 89.8 Å². The van der Waals surface area contributed by atoms with Crippen LogP contribution in [0.1, 0.15) is 38.5 Å². The molecule has 13 heavy (non-hydrogen) atoms. The summed E-state index contributed by atoms with van der Waals surface area (Å²) in [7, 11) is 0. The van der Waals surface area contributed by atoms with Gasteiger partial charge in [-0.3, -0.25) is 0 Å². The van der Waals surface area contributed by atoms with Gasteiger partial charge in [-0.1, -0.05) is 28.8 Å². The van der Waals surface area contributed by atoms with E-state index in [1.807, 2.05) is 0 Å². The molecule has 0 aliphatic rings. The second-order valence-electron chi connectivity index (χ2n) is 3.15. The van der Waals surface area contributed by atoms with Crippen LogP contribution in [-0.4, -0.2) is 30.3 Å². The van der Waals surface area contributed by atoms with Crippen molar-refractivity contribution >= 4 is 15.9 Å². The molecule has 0 spiro atoms. The van der Waals surface area contributed by atoms with E-state index in [-0.39, 0.29) is 0 Å². The number of hydrogen-bond donors (Lipinski definition) is 1. The average Bonchev–Trinajstić information content (AvgIpc) is 2.16. The third-order valence-electron chi connectivity index (χ3n) is 1.87. The number of aliphatic hydroxyl groups is 1. The van der Waals surface area contributed by atoms with Crippen molar-refractivity contribution < 1.29 is 9.84 Å². The normalized spacial score (nSPS) is 10.6. The topological polar surface area (TPSA) is 29.5 Å². The van der Waals surface area contributed by atoms with Gasteiger partial charge in [0.25, 0.3) is 0 Å². The predicted molar refractivity (Wildman–Crippen MR) is 59.4 cm³/mol. The van der Waals surface area contributed by atoms with E-state index in [0.717, 1.165) is 44.2 Å². The second kappa shape index (κ2) is 12.4. The average molecular weight is 253 g/mol. The number of aliphatic hydroxyl groups excluding tert-OH is 1. The van der Waals surface area contributed by atoms with Gasteiger partial charge in [-0.05, 0) is 25.7 Å². The van der Waals surface area contributed by atoms with Crippen LogP contribution < -0.4 is 0 Å². The molecule has 3 heteroatoms. The van der Waals surface area contributed by atoms with E-state index in [1.54, 1.807) is 0 Å². The van der Waals surface area contributed by atoms with Gasteiger partial charge in [-0.2, -0.15) is 0 Å². The summed E-state index contributed by atoms with van der Waals surface area (Å²) in [5, 5.41) is 9.61. The van der Waals surface area contributed by atoms with Gasteiger partial charge >= 0.3 is 0 Å². The molecular weight excluding hydrogens is 232 g/mol. The summed E-state index contributed by atoms with van der Waals surface area (Å²) in [5.41, 5.74) is 0. The highest BCUT2D eigenvalue weighted by atomic mass is 79.9. The molecule has 0 aliphatic carbocycles. The van der Waals surface area contributed by atoms with E-state index in [0.29, 0.717) is 6.61 Å². The lowest BCUT2D eigenvalue weighted by Gasteiger charge is -2.02. The monoisotopic (exact) mass is 252 g/mol. The van der Waals surface area contributed by atoms with Crippen LogP contribution in [-0.2, 0) is 4.74 Å². The number of alkyl halides is 1. The number of unbranched alkanes of at least 4 members (excludes halogenated alkanes) is 4. The number of hydrogen-bond acceptors (Lipinski definition) is 2. The third kappa shape index (κ3) is 12.4. The van der Waals surface area contributed by atoms with Crippen LogP contribution in [0.15, 0.2) is 0 Å². The lowest BCUT2D eigenvalue weighted by Crippen LogP contribution is -1.97. The minimum absolute atomic E-state index is 0.326. The van der Waals surface area contributed by atoms with Gasteiger partial charge in [-0.15, -0.1) is 0 Å². The third-order valence-corrected chi connectivity index (χ3v) is 2.43. The van der Waals surface area contributed by atoms with Crippen molar-refractivity contribution in [3.63, 3.8) is 0 Å². The first kappa shape index (κ1) is 13.4. The van der Waals surface area contributed by atoms with Gasteiger partial charge in [0.1, 0.15) is 0 Å². The predicted octanol–water partition coefficient (Wildman–Crippen LogP) is 2.73. The van der Waals surface area contributed by atoms with Gasteiger partial charge in [0, 0.05) is 25.2 Å². The van der Waals surface area contributed by atoms with Crippen LogP contribution >= 0.6 is 15.9 Å². The van der Waals surface area contributed by atoms with Crippen molar-refractivity contribution in [3.8, 4) is 0 Å². The largest absolute Gasteiger partial charge is 0.396 e. The molecular formula is C10H21BrO2. The first-order valence-electron chi connectivity index (χ1n) is 5.16. The van der Waals surface area contributed by atoms with Crippen molar-refractivity contribution in [3.05, 3.63) is 0 Å². The molecule has 0 aromatic carbocycles. The SMILES string of the molecule is OCCCCCCOCCCCBr. The lowest BCUT2D eigenvalue weighted by molar-refractivity contribution is 0.127. The zero-order chi connectivity index (χ0) is 9.78. The summed E-state index contributed by atoms with van der Waals surface area (Å²) >= 11 is 3.38. The van der Waals surface area contributed by atoms with Gasteiger partial charge in [0.2, 0.25) is 0 Å². The molecule has 0 aromatic rings. The maximum Gasteiger partial charge on any atom is 0.0466 e. The van der Waals surface area contributed by atoms with E-state index in [9.17, 15) is 0 Å². The highest BCUT2D eigenvalue weighted by Crippen LogP contribution is 2.00. The molecule has 80 valence electrons. The fourth-order valence-electron chi connectivity index (χ4n) is 1.07. The van der Waals surface area contributed by atoms with Crippen molar-refractivity contribution in [2.45, 2.75) is 38.5 Å². The van der Waals surface area contributed by atoms with Crippen LogP contribution in [0, 0.1) is 0 Å². The Bertz CT molecular complexity index is 79.0. The Morgan fingerprint density at radius 1 is 0.846 bits per heavy atom. The molecule has 0 radical (unpaired) electrons. The minimum atomic E-state index is 0.326. The molecule has 0 aliphatic heterocycles. The summed E-state index contributed by atoms with van der Waals surface area (Å²) in [6.07, 6.45) is 6.73. The van der Waals surface area contributed by atoms with E-state index < -0.39 is 0 Å². The number of ether oxygens (including phenoxy) is 1. The lowest BCUT2D eigenvalue weighted by atomic mass is 10.2. The summed E-state index contributed by atoms with van der Waals surface area (Å²) in [6.45, 7) is 2.10. The van der Waals surface area contributed by atoms with Crippen LogP contribution in [0.5, 0.6) is 0 Å². The zero-order valence-corrected chi connectivity index (χ0v) is 9.89. The summed E-state index contributed by atoms with van der Waals surface area (Å²) in [6, 6.07) is 0. The molecule has 0 saturated carbocycles. The molecule has 0 aromatic heterocycles. The molecule has 2 nitrogen and oxygen atoms in total. The Hall–Kier alpha value is 0.400. The number of halogens is 1. The van der Waals surface area contributed by atoms with Crippen molar-refractivity contribution in [1.29, 1.82) is 0 Å². The highest BCUT2D eigenvalue weighted by molar-refractivity contribution is 9.09. The Balaban J connectivity index is 2.76.